The van der Waals surface area contributed by atoms with E-state index >= 15 is 0 Å². The third-order valence-corrected chi connectivity index (χ3v) is 6.05. The molecular formula is C9H12ClNO3S2. The van der Waals surface area contributed by atoms with Crippen LogP contribution in [0.5, 0.6) is 0 Å². The second-order valence-electron chi connectivity index (χ2n) is 3.50. The fourth-order valence-electron chi connectivity index (χ4n) is 1.61. The lowest BCUT2D eigenvalue weighted by Crippen LogP contribution is -2.44. The zero-order valence-corrected chi connectivity index (χ0v) is 11.1. The van der Waals surface area contributed by atoms with Gasteiger partial charge in [0.05, 0.1) is 4.34 Å². The van der Waals surface area contributed by atoms with Crippen LogP contribution in [0.2, 0.25) is 4.34 Å². The Labute approximate surface area is 104 Å². The minimum absolute atomic E-state index is 0.273. The fraction of sp³-hybridized carbons (Fsp3) is 0.556. The van der Waals surface area contributed by atoms with E-state index in [0.29, 0.717) is 17.5 Å². The molecule has 1 fully saturated rings. The van der Waals surface area contributed by atoms with Crippen LogP contribution in [-0.4, -0.2) is 32.1 Å². The average Bonchev–Trinajstić information content (AvgIpc) is 2.66. The van der Waals surface area contributed by atoms with Gasteiger partial charge in [0, 0.05) is 13.2 Å². The molecule has 1 saturated heterocycles. The molecular weight excluding hydrogens is 270 g/mol. The highest BCUT2D eigenvalue weighted by molar-refractivity contribution is 7.91. The summed E-state index contributed by atoms with van der Waals surface area (Å²) in [5, 5.41) is 0. The number of halogens is 1. The van der Waals surface area contributed by atoms with Gasteiger partial charge in [-0.25, -0.2) is 8.42 Å². The molecule has 0 spiro atoms. The van der Waals surface area contributed by atoms with Gasteiger partial charge in [-0.3, -0.25) is 0 Å². The highest BCUT2D eigenvalue weighted by atomic mass is 35.5. The molecule has 0 bridgehead atoms. The number of sulfonamides is 1. The summed E-state index contributed by atoms with van der Waals surface area (Å²) in [5.41, 5.74) is 0. The lowest BCUT2D eigenvalue weighted by Gasteiger charge is -2.31. The van der Waals surface area contributed by atoms with Crippen molar-refractivity contribution < 1.29 is 13.2 Å². The smallest absolute Gasteiger partial charge is 0.254 e. The van der Waals surface area contributed by atoms with Gasteiger partial charge in [-0.1, -0.05) is 11.6 Å². The molecule has 0 radical (unpaired) electrons. The van der Waals surface area contributed by atoms with Gasteiger partial charge in [-0.05, 0) is 25.5 Å². The minimum atomic E-state index is -3.45. The van der Waals surface area contributed by atoms with Crippen molar-refractivity contribution in [1.82, 2.24) is 4.31 Å². The summed E-state index contributed by atoms with van der Waals surface area (Å²) in [6.45, 7) is 2.85. The largest absolute Gasteiger partial charge is 0.362 e. The van der Waals surface area contributed by atoms with Crippen molar-refractivity contribution in [3.05, 3.63) is 16.5 Å². The monoisotopic (exact) mass is 281 g/mol. The first-order chi connectivity index (χ1) is 7.51. The van der Waals surface area contributed by atoms with Crippen LogP contribution >= 0.6 is 22.9 Å². The quantitative estimate of drug-likeness (QED) is 0.835. The molecule has 1 aromatic rings. The Morgan fingerprint density at radius 1 is 1.56 bits per heavy atom. The molecule has 1 aliphatic rings. The number of hydrogen-bond acceptors (Lipinski definition) is 4. The van der Waals surface area contributed by atoms with Crippen molar-refractivity contribution in [2.45, 2.75) is 23.8 Å². The van der Waals surface area contributed by atoms with Gasteiger partial charge in [-0.15, -0.1) is 11.3 Å². The van der Waals surface area contributed by atoms with Gasteiger partial charge in [0.1, 0.15) is 10.4 Å². The van der Waals surface area contributed by atoms with Crippen LogP contribution in [0.3, 0.4) is 0 Å². The van der Waals surface area contributed by atoms with E-state index in [0.717, 1.165) is 17.8 Å². The topological polar surface area (TPSA) is 46.6 Å². The molecule has 1 atom stereocenters. The first-order valence-corrected chi connectivity index (χ1v) is 7.54. The number of rotatable bonds is 2. The second-order valence-corrected chi connectivity index (χ2v) is 7.33. The van der Waals surface area contributed by atoms with E-state index in [1.807, 2.05) is 0 Å². The molecule has 1 aliphatic heterocycles. The predicted octanol–water partition coefficient (Wildman–Crippen LogP) is 2.16. The van der Waals surface area contributed by atoms with Gasteiger partial charge in [-0.2, -0.15) is 4.31 Å². The molecule has 16 heavy (non-hydrogen) atoms. The van der Waals surface area contributed by atoms with E-state index in [9.17, 15) is 8.42 Å². The van der Waals surface area contributed by atoms with Gasteiger partial charge in [0.25, 0.3) is 10.0 Å². The van der Waals surface area contributed by atoms with E-state index in [1.54, 1.807) is 13.0 Å². The van der Waals surface area contributed by atoms with E-state index in [4.69, 9.17) is 16.3 Å². The number of nitrogens with zero attached hydrogens (tertiary/aromatic N) is 1. The van der Waals surface area contributed by atoms with Gasteiger partial charge in [0.2, 0.25) is 0 Å². The molecule has 0 N–H and O–H groups in total. The molecule has 90 valence electrons. The molecule has 0 amide bonds. The van der Waals surface area contributed by atoms with E-state index in [-0.39, 0.29) is 4.21 Å². The van der Waals surface area contributed by atoms with Crippen LogP contribution in [0.4, 0.5) is 0 Å². The van der Waals surface area contributed by atoms with Gasteiger partial charge < -0.3 is 4.74 Å². The number of hydrogen-bond donors (Lipinski definition) is 0. The minimum Gasteiger partial charge on any atom is -0.362 e. The third-order valence-electron chi connectivity index (χ3n) is 2.40. The van der Waals surface area contributed by atoms with E-state index in [2.05, 4.69) is 0 Å². The Morgan fingerprint density at radius 2 is 2.31 bits per heavy atom. The summed E-state index contributed by atoms with van der Waals surface area (Å²) in [6, 6.07) is 3.12. The third kappa shape index (κ3) is 2.26. The molecule has 2 rings (SSSR count). The van der Waals surface area contributed by atoms with Crippen LogP contribution in [0, 0.1) is 0 Å². The molecule has 0 saturated carbocycles. The van der Waals surface area contributed by atoms with Crippen LogP contribution in [0.25, 0.3) is 0 Å². The van der Waals surface area contributed by atoms with Crippen molar-refractivity contribution in [2.24, 2.45) is 0 Å². The summed E-state index contributed by atoms with van der Waals surface area (Å²) < 4.78 is 31.9. The maximum absolute atomic E-state index is 12.2. The van der Waals surface area contributed by atoms with E-state index in [1.165, 1.54) is 10.4 Å². The zero-order valence-electron chi connectivity index (χ0n) is 8.72. The highest BCUT2D eigenvalue weighted by Crippen LogP contribution is 2.30. The SMILES string of the molecule is CC1OCCCN1S(=O)(=O)c1ccc(Cl)s1. The first-order valence-electron chi connectivity index (χ1n) is 4.90. The fourth-order valence-corrected chi connectivity index (χ4v) is 4.79. The average molecular weight is 282 g/mol. The molecule has 4 nitrogen and oxygen atoms in total. The Balaban J connectivity index is 2.31. The summed E-state index contributed by atoms with van der Waals surface area (Å²) in [4.78, 5) is 0. The Kier molecular flexibility index (Phi) is 3.56. The summed E-state index contributed by atoms with van der Waals surface area (Å²) in [5.74, 6) is 0. The van der Waals surface area contributed by atoms with Crippen molar-refractivity contribution in [3.63, 3.8) is 0 Å². The van der Waals surface area contributed by atoms with E-state index < -0.39 is 16.3 Å². The number of ether oxygens (including phenoxy) is 1. The summed E-state index contributed by atoms with van der Waals surface area (Å²) in [7, 11) is -3.45. The van der Waals surface area contributed by atoms with Crippen molar-refractivity contribution in [3.8, 4) is 0 Å². The molecule has 1 aromatic heterocycles. The summed E-state index contributed by atoms with van der Waals surface area (Å²) >= 11 is 6.82. The van der Waals surface area contributed by atoms with Crippen LogP contribution < -0.4 is 0 Å². The van der Waals surface area contributed by atoms with Crippen molar-refractivity contribution >= 4 is 33.0 Å². The molecule has 1 unspecified atom stereocenters. The van der Waals surface area contributed by atoms with Crippen molar-refractivity contribution in [1.29, 1.82) is 0 Å². The lowest BCUT2D eigenvalue weighted by molar-refractivity contribution is -0.0409. The second kappa shape index (κ2) is 4.62. The Bertz CT molecular complexity index is 471. The maximum atomic E-state index is 12.2. The number of thiophene rings is 1. The molecule has 7 heteroatoms. The summed E-state index contributed by atoms with van der Waals surface area (Å²) in [6.07, 6.45) is 0.322. The van der Waals surface area contributed by atoms with Crippen LogP contribution in [0.15, 0.2) is 16.3 Å². The Morgan fingerprint density at radius 3 is 2.88 bits per heavy atom. The Hall–Kier alpha value is -0.140. The molecule has 0 aliphatic carbocycles. The van der Waals surface area contributed by atoms with Crippen molar-refractivity contribution in [2.75, 3.05) is 13.2 Å². The standard InChI is InChI=1S/C9H12ClNO3S2/c1-7-11(5-2-6-14-7)16(12,13)9-4-3-8(10)15-9/h3-4,7H,2,5-6H2,1H3. The normalized spacial score (nSPS) is 23.5. The predicted molar refractivity (Wildman–Crippen MR) is 63.3 cm³/mol. The first kappa shape index (κ1) is 12.3. The molecule has 2 heterocycles. The highest BCUT2D eigenvalue weighted by Gasteiger charge is 2.32. The lowest BCUT2D eigenvalue weighted by atomic mass is 10.4. The zero-order chi connectivity index (χ0) is 11.8. The van der Waals surface area contributed by atoms with Crippen LogP contribution in [0.1, 0.15) is 13.3 Å². The maximum Gasteiger partial charge on any atom is 0.254 e. The molecule has 0 aromatic carbocycles. The van der Waals surface area contributed by atoms with Gasteiger partial charge >= 0.3 is 0 Å². The van der Waals surface area contributed by atoms with Crippen LogP contribution in [-0.2, 0) is 14.8 Å². The van der Waals surface area contributed by atoms with Gasteiger partial charge in [0.15, 0.2) is 0 Å².